The minimum atomic E-state index is -0.581. The summed E-state index contributed by atoms with van der Waals surface area (Å²) in [5.41, 5.74) is -0.581. The van der Waals surface area contributed by atoms with Gasteiger partial charge < -0.3 is 19.6 Å². The molecule has 0 saturated carbocycles. The van der Waals surface area contributed by atoms with Crippen molar-refractivity contribution in [1.29, 1.82) is 0 Å². The number of nitrogens with zero attached hydrogens (tertiary/aromatic N) is 2. The molecule has 0 unspecified atom stereocenters. The van der Waals surface area contributed by atoms with Crippen LogP contribution in [0.5, 0.6) is 0 Å². The third-order valence-electron chi connectivity index (χ3n) is 4.76. The molecular weight excluding hydrogens is 292 g/mol. The van der Waals surface area contributed by atoms with E-state index >= 15 is 0 Å². The highest BCUT2D eigenvalue weighted by atomic mass is 16.5. The molecule has 0 aromatic rings. The van der Waals surface area contributed by atoms with E-state index in [4.69, 9.17) is 4.74 Å². The van der Waals surface area contributed by atoms with Gasteiger partial charge in [0.15, 0.2) is 0 Å². The zero-order chi connectivity index (χ0) is 17.1. The van der Waals surface area contributed by atoms with Crippen LogP contribution in [0, 0.1) is 0 Å². The van der Waals surface area contributed by atoms with Gasteiger partial charge in [0.1, 0.15) is 0 Å². The number of carbonyl (C=O) groups is 1. The first-order valence-corrected chi connectivity index (χ1v) is 9.26. The van der Waals surface area contributed by atoms with Crippen LogP contribution in [0.2, 0.25) is 0 Å². The number of piperidine rings is 1. The molecule has 0 atom stereocenters. The average Bonchev–Trinajstić information content (AvgIpc) is 2.53. The highest BCUT2D eigenvalue weighted by Gasteiger charge is 2.33. The molecule has 0 aliphatic carbocycles. The molecule has 1 N–H and O–H groups in total. The topological polar surface area (TPSA) is 53.0 Å². The van der Waals surface area contributed by atoms with Crippen LogP contribution in [0.3, 0.4) is 0 Å². The Morgan fingerprint density at radius 1 is 1.17 bits per heavy atom. The van der Waals surface area contributed by atoms with E-state index in [-0.39, 0.29) is 5.91 Å². The van der Waals surface area contributed by atoms with Crippen LogP contribution in [0.15, 0.2) is 0 Å². The predicted molar refractivity (Wildman–Crippen MR) is 93.5 cm³/mol. The van der Waals surface area contributed by atoms with Gasteiger partial charge in [-0.15, -0.1) is 0 Å². The lowest BCUT2D eigenvalue weighted by Gasteiger charge is -2.38. The standard InChI is InChI=1S/C18H36N2O3/c1-4-11-19(12-5-2)13-6-8-18(22)9-14-20(15-10-18)17(21)7-16-23-3/h22H,4-16H2,1-3H3. The molecule has 23 heavy (non-hydrogen) atoms. The third kappa shape index (κ3) is 7.64. The maximum Gasteiger partial charge on any atom is 0.224 e. The van der Waals surface area contributed by atoms with Crippen LogP contribution in [0.25, 0.3) is 0 Å². The second kappa shape index (κ2) is 11.0. The molecule has 136 valence electrons. The SMILES string of the molecule is CCCN(CCC)CCCC1(O)CCN(C(=O)CCOC)CC1. The van der Waals surface area contributed by atoms with E-state index in [1.54, 1.807) is 7.11 Å². The van der Waals surface area contributed by atoms with Crippen LogP contribution < -0.4 is 0 Å². The van der Waals surface area contributed by atoms with E-state index in [2.05, 4.69) is 18.7 Å². The van der Waals surface area contributed by atoms with Crippen molar-refractivity contribution >= 4 is 5.91 Å². The van der Waals surface area contributed by atoms with E-state index in [0.717, 1.165) is 32.5 Å². The number of amides is 1. The van der Waals surface area contributed by atoms with Crippen molar-refractivity contribution < 1.29 is 14.6 Å². The van der Waals surface area contributed by atoms with Crippen LogP contribution in [-0.2, 0) is 9.53 Å². The molecule has 0 radical (unpaired) electrons. The fraction of sp³-hybridized carbons (Fsp3) is 0.944. The maximum absolute atomic E-state index is 12.0. The van der Waals surface area contributed by atoms with Crippen molar-refractivity contribution in [2.75, 3.05) is 46.4 Å². The number of hydrogen-bond acceptors (Lipinski definition) is 4. The Balaban J connectivity index is 2.29. The first-order valence-electron chi connectivity index (χ1n) is 9.26. The zero-order valence-corrected chi connectivity index (χ0v) is 15.4. The number of ether oxygens (including phenoxy) is 1. The fourth-order valence-corrected chi connectivity index (χ4v) is 3.37. The van der Waals surface area contributed by atoms with Crippen molar-refractivity contribution in [1.82, 2.24) is 9.80 Å². The van der Waals surface area contributed by atoms with Gasteiger partial charge in [-0.1, -0.05) is 13.8 Å². The highest BCUT2D eigenvalue weighted by molar-refractivity contribution is 5.76. The summed E-state index contributed by atoms with van der Waals surface area (Å²) in [5.74, 6) is 0.144. The molecule has 5 heteroatoms. The molecule has 0 spiro atoms. The van der Waals surface area contributed by atoms with E-state index < -0.39 is 5.60 Å². The number of likely N-dealkylation sites (tertiary alicyclic amines) is 1. The van der Waals surface area contributed by atoms with Gasteiger partial charge in [0, 0.05) is 20.2 Å². The molecule has 5 nitrogen and oxygen atoms in total. The molecular formula is C18H36N2O3. The Bertz CT molecular complexity index is 322. The smallest absolute Gasteiger partial charge is 0.224 e. The number of hydrogen-bond donors (Lipinski definition) is 1. The number of methoxy groups -OCH3 is 1. The lowest BCUT2D eigenvalue weighted by molar-refractivity contribution is -0.136. The second-order valence-electron chi connectivity index (χ2n) is 6.79. The minimum Gasteiger partial charge on any atom is -0.390 e. The van der Waals surface area contributed by atoms with E-state index in [1.165, 1.54) is 12.8 Å². The molecule has 1 aliphatic heterocycles. The molecule has 0 aromatic heterocycles. The summed E-state index contributed by atoms with van der Waals surface area (Å²) >= 11 is 0. The average molecular weight is 328 g/mol. The molecule has 0 aromatic carbocycles. The molecule has 1 heterocycles. The Hall–Kier alpha value is -0.650. The van der Waals surface area contributed by atoms with Gasteiger partial charge in [-0.3, -0.25) is 4.79 Å². The number of rotatable bonds is 11. The van der Waals surface area contributed by atoms with Gasteiger partial charge in [0.25, 0.3) is 0 Å². The van der Waals surface area contributed by atoms with Gasteiger partial charge in [-0.2, -0.15) is 0 Å². The Labute approximate surface area is 142 Å². The summed E-state index contributed by atoms with van der Waals surface area (Å²) in [4.78, 5) is 16.3. The van der Waals surface area contributed by atoms with Crippen LogP contribution in [-0.4, -0.2) is 72.9 Å². The van der Waals surface area contributed by atoms with Crippen LogP contribution in [0.4, 0.5) is 0 Å². The van der Waals surface area contributed by atoms with Gasteiger partial charge in [0.05, 0.1) is 18.6 Å². The fourth-order valence-electron chi connectivity index (χ4n) is 3.37. The van der Waals surface area contributed by atoms with Gasteiger partial charge in [0.2, 0.25) is 5.91 Å². The summed E-state index contributed by atoms with van der Waals surface area (Å²) in [6, 6.07) is 0. The molecule has 0 bridgehead atoms. The lowest BCUT2D eigenvalue weighted by atomic mass is 9.87. The lowest BCUT2D eigenvalue weighted by Crippen LogP contribution is -2.47. The molecule has 1 saturated heterocycles. The molecule has 1 fully saturated rings. The zero-order valence-electron chi connectivity index (χ0n) is 15.4. The summed E-state index contributed by atoms with van der Waals surface area (Å²) in [6.07, 6.45) is 6.09. The second-order valence-corrected chi connectivity index (χ2v) is 6.79. The summed E-state index contributed by atoms with van der Waals surface area (Å²) in [5, 5.41) is 10.7. The van der Waals surface area contributed by atoms with Crippen molar-refractivity contribution in [3.8, 4) is 0 Å². The summed E-state index contributed by atoms with van der Waals surface area (Å²) < 4.78 is 4.96. The van der Waals surface area contributed by atoms with Crippen molar-refractivity contribution in [3.05, 3.63) is 0 Å². The normalized spacial score (nSPS) is 17.7. The first kappa shape index (κ1) is 20.4. The third-order valence-corrected chi connectivity index (χ3v) is 4.76. The Morgan fingerprint density at radius 2 is 1.78 bits per heavy atom. The minimum absolute atomic E-state index is 0.144. The van der Waals surface area contributed by atoms with Gasteiger partial charge in [-0.05, 0) is 58.2 Å². The highest BCUT2D eigenvalue weighted by Crippen LogP contribution is 2.27. The number of aliphatic hydroxyl groups is 1. The van der Waals surface area contributed by atoms with Gasteiger partial charge in [-0.25, -0.2) is 0 Å². The summed E-state index contributed by atoms with van der Waals surface area (Å²) in [6.45, 7) is 9.62. The van der Waals surface area contributed by atoms with Gasteiger partial charge >= 0.3 is 0 Å². The Kier molecular flexibility index (Phi) is 9.75. The monoisotopic (exact) mass is 328 g/mol. The summed E-state index contributed by atoms with van der Waals surface area (Å²) in [7, 11) is 1.61. The molecule has 1 amide bonds. The first-order chi connectivity index (χ1) is 11.0. The molecule has 1 rings (SSSR count). The molecule has 1 aliphatic rings. The maximum atomic E-state index is 12.0. The van der Waals surface area contributed by atoms with E-state index in [0.29, 0.717) is 39.0 Å². The number of carbonyl (C=O) groups excluding carboxylic acids is 1. The largest absolute Gasteiger partial charge is 0.390 e. The van der Waals surface area contributed by atoms with Crippen molar-refractivity contribution in [2.24, 2.45) is 0 Å². The van der Waals surface area contributed by atoms with Crippen LogP contribution >= 0.6 is 0 Å². The van der Waals surface area contributed by atoms with E-state index in [9.17, 15) is 9.90 Å². The predicted octanol–water partition coefficient (Wildman–Crippen LogP) is 2.28. The van der Waals surface area contributed by atoms with Crippen molar-refractivity contribution in [2.45, 2.75) is 64.4 Å². The quantitative estimate of drug-likeness (QED) is 0.632. The van der Waals surface area contributed by atoms with Crippen molar-refractivity contribution in [3.63, 3.8) is 0 Å². The van der Waals surface area contributed by atoms with Crippen LogP contribution in [0.1, 0.15) is 58.8 Å². The Morgan fingerprint density at radius 3 is 2.30 bits per heavy atom. The van der Waals surface area contributed by atoms with E-state index in [1.807, 2.05) is 4.90 Å².